The van der Waals surface area contributed by atoms with Crippen LogP contribution in [0.15, 0.2) is 24.3 Å². The SMILES string of the molecule is CNCC(=O)Nc1cc(-c2cc(C)cc(C)c2)[nH]n1.Cl. The van der Waals surface area contributed by atoms with Crippen molar-refractivity contribution in [2.45, 2.75) is 13.8 Å². The maximum atomic E-state index is 11.4. The van der Waals surface area contributed by atoms with Crippen LogP contribution < -0.4 is 10.6 Å². The number of likely N-dealkylation sites (N-methyl/N-ethyl adjacent to an activating group) is 1. The lowest BCUT2D eigenvalue weighted by molar-refractivity contribution is -0.115. The highest BCUT2D eigenvalue weighted by Crippen LogP contribution is 2.22. The molecule has 1 aromatic heterocycles. The molecule has 1 heterocycles. The van der Waals surface area contributed by atoms with E-state index in [1.807, 2.05) is 6.07 Å². The van der Waals surface area contributed by atoms with Gasteiger partial charge in [-0.3, -0.25) is 9.89 Å². The Labute approximate surface area is 124 Å². The fourth-order valence-electron chi connectivity index (χ4n) is 2.01. The Morgan fingerprint density at radius 2 is 1.85 bits per heavy atom. The maximum absolute atomic E-state index is 11.4. The molecule has 0 unspecified atom stereocenters. The molecule has 5 nitrogen and oxygen atoms in total. The normalized spacial score (nSPS) is 9.95. The minimum atomic E-state index is -0.110. The van der Waals surface area contributed by atoms with Gasteiger partial charge in [-0.05, 0) is 33.0 Å². The zero-order valence-corrected chi connectivity index (χ0v) is 12.6. The number of carbonyl (C=O) groups is 1. The molecule has 0 aliphatic carbocycles. The summed E-state index contributed by atoms with van der Waals surface area (Å²) >= 11 is 0. The maximum Gasteiger partial charge on any atom is 0.239 e. The third-order valence-electron chi connectivity index (χ3n) is 2.72. The Hall–Kier alpha value is -1.85. The van der Waals surface area contributed by atoms with Crippen molar-refractivity contribution >= 4 is 24.1 Å². The van der Waals surface area contributed by atoms with Gasteiger partial charge in [0.1, 0.15) is 0 Å². The van der Waals surface area contributed by atoms with Crippen molar-refractivity contribution in [3.8, 4) is 11.3 Å². The zero-order chi connectivity index (χ0) is 13.8. The number of anilines is 1. The Kier molecular flexibility index (Phi) is 5.73. The van der Waals surface area contributed by atoms with Crippen molar-refractivity contribution in [3.63, 3.8) is 0 Å². The minimum Gasteiger partial charge on any atom is -0.311 e. The molecule has 3 N–H and O–H groups in total. The summed E-state index contributed by atoms with van der Waals surface area (Å²) in [6, 6.07) is 8.12. The number of aromatic amines is 1. The first-order chi connectivity index (χ1) is 9.08. The van der Waals surface area contributed by atoms with Gasteiger partial charge in [-0.1, -0.05) is 17.2 Å². The van der Waals surface area contributed by atoms with Gasteiger partial charge in [0, 0.05) is 11.6 Å². The highest BCUT2D eigenvalue weighted by Gasteiger charge is 2.07. The molecule has 0 aliphatic heterocycles. The molecule has 0 aliphatic rings. The van der Waals surface area contributed by atoms with E-state index in [1.165, 1.54) is 11.1 Å². The van der Waals surface area contributed by atoms with Gasteiger partial charge in [0.15, 0.2) is 5.82 Å². The number of nitrogens with zero attached hydrogens (tertiary/aromatic N) is 1. The Morgan fingerprint density at radius 3 is 2.45 bits per heavy atom. The summed E-state index contributed by atoms with van der Waals surface area (Å²) < 4.78 is 0. The van der Waals surface area contributed by atoms with Crippen LogP contribution in [0.4, 0.5) is 5.82 Å². The van der Waals surface area contributed by atoms with Crippen molar-refractivity contribution < 1.29 is 4.79 Å². The van der Waals surface area contributed by atoms with Gasteiger partial charge in [-0.25, -0.2) is 0 Å². The summed E-state index contributed by atoms with van der Waals surface area (Å²) in [7, 11) is 1.73. The second-order valence-electron chi connectivity index (χ2n) is 4.62. The molecule has 0 bridgehead atoms. The molecule has 0 saturated carbocycles. The van der Waals surface area contributed by atoms with Gasteiger partial charge in [0.2, 0.25) is 5.91 Å². The number of hydrogen-bond donors (Lipinski definition) is 3. The van der Waals surface area contributed by atoms with E-state index in [9.17, 15) is 4.79 Å². The van der Waals surface area contributed by atoms with Gasteiger partial charge in [0.25, 0.3) is 0 Å². The highest BCUT2D eigenvalue weighted by molar-refractivity contribution is 5.91. The molecule has 2 rings (SSSR count). The Balaban J connectivity index is 0.00000200. The first kappa shape index (κ1) is 16.2. The quantitative estimate of drug-likeness (QED) is 0.810. The summed E-state index contributed by atoms with van der Waals surface area (Å²) in [6.07, 6.45) is 0. The number of nitrogens with one attached hydrogen (secondary N) is 3. The van der Waals surface area contributed by atoms with E-state index in [4.69, 9.17) is 0 Å². The van der Waals surface area contributed by atoms with Gasteiger partial charge in [-0.15, -0.1) is 12.4 Å². The van der Waals surface area contributed by atoms with Crippen molar-refractivity contribution in [2.75, 3.05) is 18.9 Å². The molecule has 0 spiro atoms. The Bertz CT molecular complexity index is 574. The summed E-state index contributed by atoms with van der Waals surface area (Å²) in [5.41, 5.74) is 4.36. The number of hydrogen-bond acceptors (Lipinski definition) is 3. The second-order valence-corrected chi connectivity index (χ2v) is 4.62. The number of carbonyl (C=O) groups excluding carboxylic acids is 1. The average Bonchev–Trinajstić information content (AvgIpc) is 2.76. The lowest BCUT2D eigenvalue weighted by atomic mass is 10.1. The molecule has 20 heavy (non-hydrogen) atoms. The molecule has 0 atom stereocenters. The molecule has 0 radical (unpaired) electrons. The van der Waals surface area contributed by atoms with Gasteiger partial charge >= 0.3 is 0 Å². The molecule has 6 heteroatoms. The van der Waals surface area contributed by atoms with Crippen LogP contribution in [-0.2, 0) is 4.79 Å². The smallest absolute Gasteiger partial charge is 0.239 e. The monoisotopic (exact) mass is 294 g/mol. The molecule has 108 valence electrons. The fraction of sp³-hybridized carbons (Fsp3) is 0.286. The lowest BCUT2D eigenvalue weighted by Crippen LogP contribution is -2.25. The van der Waals surface area contributed by atoms with E-state index in [-0.39, 0.29) is 24.9 Å². The first-order valence-electron chi connectivity index (χ1n) is 6.17. The van der Waals surface area contributed by atoms with Crippen LogP contribution in [0.25, 0.3) is 11.3 Å². The predicted molar refractivity (Wildman–Crippen MR) is 83.3 cm³/mol. The van der Waals surface area contributed by atoms with Crippen LogP contribution in [0.3, 0.4) is 0 Å². The van der Waals surface area contributed by atoms with Crippen molar-refractivity contribution in [1.29, 1.82) is 0 Å². The van der Waals surface area contributed by atoms with Crippen LogP contribution in [0, 0.1) is 13.8 Å². The number of aromatic nitrogens is 2. The largest absolute Gasteiger partial charge is 0.311 e. The van der Waals surface area contributed by atoms with Crippen LogP contribution in [0.2, 0.25) is 0 Å². The van der Waals surface area contributed by atoms with E-state index in [1.54, 1.807) is 7.05 Å². The minimum absolute atomic E-state index is 0. The van der Waals surface area contributed by atoms with E-state index in [2.05, 4.69) is 52.9 Å². The standard InChI is InChI=1S/C14H18N4O.ClH/c1-9-4-10(2)6-11(5-9)12-7-13(18-17-12)16-14(19)8-15-3;/h4-7,15H,8H2,1-3H3,(H2,16,17,18,19);1H. The van der Waals surface area contributed by atoms with E-state index in [0.717, 1.165) is 11.3 Å². The van der Waals surface area contributed by atoms with E-state index >= 15 is 0 Å². The summed E-state index contributed by atoms with van der Waals surface area (Å²) in [6.45, 7) is 4.39. The number of amides is 1. The highest BCUT2D eigenvalue weighted by atomic mass is 35.5. The third-order valence-corrected chi connectivity index (χ3v) is 2.72. The van der Waals surface area contributed by atoms with Crippen LogP contribution in [0.1, 0.15) is 11.1 Å². The van der Waals surface area contributed by atoms with Crippen molar-refractivity contribution in [1.82, 2.24) is 15.5 Å². The van der Waals surface area contributed by atoms with Crippen molar-refractivity contribution in [2.24, 2.45) is 0 Å². The zero-order valence-electron chi connectivity index (χ0n) is 11.8. The fourth-order valence-corrected chi connectivity index (χ4v) is 2.01. The van der Waals surface area contributed by atoms with Crippen LogP contribution >= 0.6 is 12.4 Å². The predicted octanol–water partition coefficient (Wildman–Crippen LogP) is 2.27. The number of benzene rings is 1. The molecule has 1 amide bonds. The Morgan fingerprint density at radius 1 is 1.20 bits per heavy atom. The van der Waals surface area contributed by atoms with Gasteiger partial charge < -0.3 is 10.6 Å². The van der Waals surface area contributed by atoms with Gasteiger partial charge in [0.05, 0.1) is 12.2 Å². The molecular formula is C14H19ClN4O. The van der Waals surface area contributed by atoms with Crippen LogP contribution in [-0.4, -0.2) is 29.7 Å². The van der Waals surface area contributed by atoms with Gasteiger partial charge in [-0.2, -0.15) is 5.10 Å². The second kappa shape index (κ2) is 7.07. The first-order valence-corrected chi connectivity index (χ1v) is 6.17. The third kappa shape index (κ3) is 4.08. The topological polar surface area (TPSA) is 69.8 Å². The number of aryl methyl sites for hydroxylation is 2. The van der Waals surface area contributed by atoms with E-state index < -0.39 is 0 Å². The molecular weight excluding hydrogens is 276 g/mol. The number of rotatable bonds is 4. The summed E-state index contributed by atoms with van der Waals surface area (Å²) in [5, 5.41) is 12.5. The van der Waals surface area contributed by atoms with Crippen molar-refractivity contribution in [3.05, 3.63) is 35.4 Å². The van der Waals surface area contributed by atoms with Crippen LogP contribution in [0.5, 0.6) is 0 Å². The number of halogens is 1. The average molecular weight is 295 g/mol. The molecule has 2 aromatic rings. The molecule has 0 fully saturated rings. The summed E-state index contributed by atoms with van der Waals surface area (Å²) in [5.74, 6) is 0.426. The molecule has 1 aromatic carbocycles. The summed E-state index contributed by atoms with van der Waals surface area (Å²) in [4.78, 5) is 11.4. The van der Waals surface area contributed by atoms with E-state index in [0.29, 0.717) is 5.82 Å². The molecule has 0 saturated heterocycles. The number of H-pyrrole nitrogens is 1. The lowest BCUT2D eigenvalue weighted by Gasteiger charge is -2.02.